The summed E-state index contributed by atoms with van der Waals surface area (Å²) >= 11 is 0. The van der Waals surface area contributed by atoms with Crippen molar-refractivity contribution in [2.45, 2.75) is 12.5 Å². The van der Waals surface area contributed by atoms with Crippen LogP contribution in [0.1, 0.15) is 6.42 Å². The lowest BCUT2D eigenvalue weighted by atomic mass is 10.1. The Morgan fingerprint density at radius 2 is 1.89 bits per heavy atom. The van der Waals surface area contributed by atoms with Crippen molar-refractivity contribution in [3.05, 3.63) is 29.8 Å². The van der Waals surface area contributed by atoms with Crippen LogP contribution in [-0.4, -0.2) is 29.5 Å². The molecule has 0 saturated carbocycles. The molecule has 1 aromatic rings. The van der Waals surface area contributed by atoms with E-state index in [0.717, 1.165) is 18.2 Å². The molecular weight excluding hydrogens is 248 g/mol. The zero-order chi connectivity index (χ0) is 13.7. The van der Waals surface area contributed by atoms with Gasteiger partial charge < -0.3 is 15.6 Å². The number of ketones is 1. The number of Topliss-reactive ketones (excluding diaryl/α,β-unsaturated/α-hetero) is 1. The first-order valence-electron chi connectivity index (χ1n) is 4.98. The first-order chi connectivity index (χ1) is 8.41. The van der Waals surface area contributed by atoms with Crippen LogP contribution in [0.25, 0.3) is 0 Å². The van der Waals surface area contributed by atoms with E-state index in [1.807, 2.05) is 0 Å². The van der Waals surface area contributed by atoms with Gasteiger partial charge in [0.05, 0.1) is 0 Å². The van der Waals surface area contributed by atoms with Gasteiger partial charge in [-0.15, -0.1) is 0 Å². The number of benzene rings is 1. The monoisotopic (exact) mass is 259 g/mol. The van der Waals surface area contributed by atoms with Gasteiger partial charge in [0.15, 0.2) is 23.2 Å². The predicted molar refractivity (Wildman–Crippen MR) is 57.1 cm³/mol. The summed E-state index contributed by atoms with van der Waals surface area (Å²) in [5.41, 5.74) is 5.12. The van der Waals surface area contributed by atoms with Crippen LogP contribution in [0.4, 0.5) is 8.78 Å². The van der Waals surface area contributed by atoms with Crippen molar-refractivity contribution in [2.24, 2.45) is 5.73 Å². The van der Waals surface area contributed by atoms with Crippen LogP contribution < -0.4 is 10.5 Å². The fourth-order valence-electron chi connectivity index (χ4n) is 1.16. The lowest BCUT2D eigenvalue weighted by molar-refractivity contribution is -0.140. The van der Waals surface area contributed by atoms with Crippen LogP contribution in [0.3, 0.4) is 0 Å². The molecule has 18 heavy (non-hydrogen) atoms. The number of ether oxygens (including phenoxy) is 1. The van der Waals surface area contributed by atoms with Gasteiger partial charge in [0, 0.05) is 6.42 Å². The van der Waals surface area contributed by atoms with Gasteiger partial charge in [-0.25, -0.2) is 8.78 Å². The molecule has 0 spiro atoms. The molecule has 0 saturated heterocycles. The van der Waals surface area contributed by atoms with Crippen molar-refractivity contribution in [1.29, 1.82) is 0 Å². The Bertz CT molecular complexity index is 444. The molecule has 0 heterocycles. The number of carboxylic acids is 1. The molecule has 3 N–H and O–H groups in total. The number of nitrogens with two attached hydrogens (primary N) is 1. The molecule has 0 fully saturated rings. The smallest absolute Gasteiger partial charge is 0.320 e. The number of aliphatic carboxylic acids is 1. The summed E-state index contributed by atoms with van der Waals surface area (Å²) in [7, 11) is 0. The van der Waals surface area contributed by atoms with E-state index >= 15 is 0 Å². The topological polar surface area (TPSA) is 89.6 Å². The number of carbonyl (C=O) groups excluding carboxylic acids is 1. The normalized spacial score (nSPS) is 11.9. The molecule has 1 rings (SSSR count). The highest BCUT2D eigenvalue weighted by atomic mass is 19.1. The lowest BCUT2D eigenvalue weighted by Crippen LogP contribution is -2.34. The third-order valence-corrected chi connectivity index (χ3v) is 2.06. The van der Waals surface area contributed by atoms with Crippen molar-refractivity contribution < 1.29 is 28.2 Å². The number of carboxylic acid groups (broad SMARTS) is 1. The van der Waals surface area contributed by atoms with Crippen molar-refractivity contribution >= 4 is 11.8 Å². The maximum Gasteiger partial charge on any atom is 0.320 e. The SMILES string of the molecule is NC(CC(=O)COc1c(F)cccc1F)C(=O)O. The third kappa shape index (κ3) is 3.77. The van der Waals surface area contributed by atoms with E-state index in [0.29, 0.717) is 0 Å². The number of rotatable bonds is 6. The number of hydrogen-bond donors (Lipinski definition) is 2. The third-order valence-electron chi connectivity index (χ3n) is 2.06. The van der Waals surface area contributed by atoms with E-state index in [2.05, 4.69) is 4.74 Å². The minimum Gasteiger partial charge on any atom is -0.480 e. The Balaban J connectivity index is 2.55. The van der Waals surface area contributed by atoms with Gasteiger partial charge in [0.1, 0.15) is 12.6 Å². The van der Waals surface area contributed by atoms with Crippen LogP contribution in [0.2, 0.25) is 0 Å². The van der Waals surface area contributed by atoms with Crippen LogP contribution in [0, 0.1) is 11.6 Å². The van der Waals surface area contributed by atoms with Crippen LogP contribution in [-0.2, 0) is 9.59 Å². The second kappa shape index (κ2) is 6.06. The maximum absolute atomic E-state index is 13.1. The fraction of sp³-hybridized carbons (Fsp3) is 0.273. The average molecular weight is 259 g/mol. The molecule has 1 unspecified atom stereocenters. The second-order valence-corrected chi connectivity index (χ2v) is 3.53. The Hall–Kier alpha value is -2.02. The number of para-hydroxylation sites is 1. The number of hydrogen-bond acceptors (Lipinski definition) is 4. The zero-order valence-electron chi connectivity index (χ0n) is 9.23. The first-order valence-corrected chi connectivity index (χ1v) is 4.98. The van der Waals surface area contributed by atoms with Gasteiger partial charge in [0.25, 0.3) is 0 Å². The van der Waals surface area contributed by atoms with Crippen LogP contribution >= 0.6 is 0 Å². The van der Waals surface area contributed by atoms with Gasteiger partial charge in [0.2, 0.25) is 0 Å². The lowest BCUT2D eigenvalue weighted by Gasteiger charge is -2.08. The average Bonchev–Trinajstić information content (AvgIpc) is 2.28. The van der Waals surface area contributed by atoms with Gasteiger partial charge in [-0.3, -0.25) is 9.59 Å². The molecule has 0 aliphatic rings. The summed E-state index contributed by atoms with van der Waals surface area (Å²) in [6.07, 6.45) is -0.467. The first kappa shape index (κ1) is 14.0. The highest BCUT2D eigenvalue weighted by Gasteiger charge is 2.18. The highest BCUT2D eigenvalue weighted by molar-refractivity contribution is 5.86. The summed E-state index contributed by atoms with van der Waals surface area (Å²) in [5.74, 6) is -4.54. The van der Waals surface area contributed by atoms with E-state index in [1.165, 1.54) is 0 Å². The van der Waals surface area contributed by atoms with Crippen molar-refractivity contribution in [1.82, 2.24) is 0 Å². The summed E-state index contributed by atoms with van der Waals surface area (Å²) in [6, 6.07) is 1.75. The highest BCUT2D eigenvalue weighted by Crippen LogP contribution is 2.20. The maximum atomic E-state index is 13.1. The Labute approximate surface area is 101 Å². The van der Waals surface area contributed by atoms with Crippen LogP contribution in [0.15, 0.2) is 18.2 Å². The van der Waals surface area contributed by atoms with Gasteiger partial charge >= 0.3 is 5.97 Å². The van der Waals surface area contributed by atoms with Crippen molar-refractivity contribution in [3.8, 4) is 5.75 Å². The zero-order valence-corrected chi connectivity index (χ0v) is 9.23. The number of carbonyl (C=O) groups is 2. The van der Waals surface area contributed by atoms with Crippen molar-refractivity contribution in [3.63, 3.8) is 0 Å². The minimum absolute atomic E-state index is 0.467. The molecule has 0 bridgehead atoms. The van der Waals surface area contributed by atoms with E-state index in [9.17, 15) is 18.4 Å². The molecule has 0 aromatic heterocycles. The van der Waals surface area contributed by atoms with E-state index in [4.69, 9.17) is 10.8 Å². The molecule has 0 aliphatic heterocycles. The molecule has 0 amide bonds. The van der Waals surface area contributed by atoms with E-state index in [-0.39, 0.29) is 0 Å². The molecule has 98 valence electrons. The van der Waals surface area contributed by atoms with Gasteiger partial charge in [-0.2, -0.15) is 0 Å². The van der Waals surface area contributed by atoms with Gasteiger partial charge in [-0.05, 0) is 12.1 Å². The second-order valence-electron chi connectivity index (χ2n) is 3.53. The fourth-order valence-corrected chi connectivity index (χ4v) is 1.16. The summed E-state index contributed by atoms with van der Waals surface area (Å²) < 4.78 is 30.9. The summed E-state index contributed by atoms with van der Waals surface area (Å²) in [4.78, 5) is 21.6. The van der Waals surface area contributed by atoms with Crippen molar-refractivity contribution in [2.75, 3.05) is 6.61 Å². The van der Waals surface area contributed by atoms with E-state index in [1.54, 1.807) is 0 Å². The summed E-state index contributed by atoms with van der Waals surface area (Å²) in [6.45, 7) is -0.640. The molecule has 7 heteroatoms. The Kier molecular flexibility index (Phi) is 4.73. The Morgan fingerprint density at radius 3 is 2.39 bits per heavy atom. The molecule has 0 radical (unpaired) electrons. The standard InChI is InChI=1S/C11H11F2NO4/c12-7-2-1-3-8(13)10(7)18-5-6(15)4-9(14)11(16)17/h1-3,9H,4-5,14H2,(H,16,17). The molecular formula is C11H11F2NO4. The molecule has 0 aliphatic carbocycles. The largest absolute Gasteiger partial charge is 0.480 e. The van der Waals surface area contributed by atoms with Crippen LogP contribution in [0.5, 0.6) is 5.75 Å². The Morgan fingerprint density at radius 1 is 1.33 bits per heavy atom. The van der Waals surface area contributed by atoms with E-state index < -0.39 is 48.2 Å². The molecule has 1 atom stereocenters. The molecule has 1 aromatic carbocycles. The van der Waals surface area contributed by atoms with Gasteiger partial charge in [-0.1, -0.05) is 6.07 Å². The number of halogens is 2. The quantitative estimate of drug-likeness (QED) is 0.785. The predicted octanol–water partition coefficient (Wildman–Crippen LogP) is 0.715. The summed E-state index contributed by atoms with van der Waals surface area (Å²) in [5, 5.41) is 8.47. The minimum atomic E-state index is -1.36. The molecule has 5 nitrogen and oxygen atoms in total.